The van der Waals surface area contributed by atoms with Crippen molar-refractivity contribution in [2.45, 2.75) is 26.2 Å². The number of anilines is 1. The minimum absolute atomic E-state index is 0.0524. The number of ether oxygens (including phenoxy) is 1. The number of carboxylic acid groups (broad SMARTS) is 1. The fraction of sp³-hybridized carbons (Fsp3) is 0.231. The smallest absolute Gasteiger partial charge is 0.335 e. The Balaban J connectivity index is 1.65. The molecule has 8 nitrogen and oxygen atoms in total. The predicted molar refractivity (Wildman–Crippen MR) is 133 cm³/mol. The van der Waals surface area contributed by atoms with E-state index in [4.69, 9.17) is 21.4 Å². The summed E-state index contributed by atoms with van der Waals surface area (Å²) in [7, 11) is 0. The Kier molecular flexibility index (Phi) is 9.08. The molecule has 4 N–H and O–H groups in total. The zero-order valence-electron chi connectivity index (χ0n) is 19.2. The molecule has 0 bridgehead atoms. The Morgan fingerprint density at radius 2 is 1.77 bits per heavy atom. The zero-order chi connectivity index (χ0) is 25.4. The van der Waals surface area contributed by atoms with Crippen LogP contribution in [0.1, 0.15) is 46.0 Å². The zero-order valence-corrected chi connectivity index (χ0v) is 20.0. The highest BCUT2D eigenvalue weighted by molar-refractivity contribution is 6.31. The molecule has 9 heteroatoms. The third-order valence-corrected chi connectivity index (χ3v) is 5.60. The fourth-order valence-corrected chi connectivity index (χ4v) is 3.64. The maximum absolute atomic E-state index is 12.7. The molecule has 0 radical (unpaired) electrons. The average Bonchev–Trinajstić information content (AvgIpc) is 2.85. The molecule has 1 amide bonds. The van der Waals surface area contributed by atoms with E-state index in [1.807, 2.05) is 12.1 Å². The first-order valence-electron chi connectivity index (χ1n) is 11.1. The molecule has 35 heavy (non-hydrogen) atoms. The third-order valence-electron chi connectivity index (χ3n) is 5.37. The van der Waals surface area contributed by atoms with E-state index in [9.17, 15) is 20.0 Å². The van der Waals surface area contributed by atoms with Crippen molar-refractivity contribution in [1.29, 1.82) is 0 Å². The molecule has 0 heterocycles. The third kappa shape index (κ3) is 6.95. The van der Waals surface area contributed by atoms with Gasteiger partial charge in [-0.2, -0.15) is 0 Å². The fourth-order valence-electron chi connectivity index (χ4n) is 3.47. The Bertz CT molecular complexity index is 1180. The van der Waals surface area contributed by atoms with Crippen LogP contribution in [-0.2, 0) is 6.42 Å². The average molecular weight is 499 g/mol. The Hall–Kier alpha value is -3.59. The number of unbranched alkanes of at least 4 members (excludes halogenated alkanes) is 1. The Labute approximate surface area is 208 Å². The molecule has 0 unspecified atom stereocenters. The Morgan fingerprint density at radius 3 is 2.43 bits per heavy atom. The molecule has 0 atom stereocenters. The summed E-state index contributed by atoms with van der Waals surface area (Å²) in [6.45, 7) is 2.97. The van der Waals surface area contributed by atoms with E-state index < -0.39 is 5.97 Å². The summed E-state index contributed by atoms with van der Waals surface area (Å²) in [5.41, 5.74) is 2.35. The van der Waals surface area contributed by atoms with Crippen LogP contribution in [-0.4, -0.2) is 40.5 Å². The van der Waals surface area contributed by atoms with Gasteiger partial charge in [0, 0.05) is 17.1 Å². The van der Waals surface area contributed by atoms with Gasteiger partial charge in [-0.1, -0.05) is 55.3 Å². The molecular weight excluding hydrogens is 472 g/mol. The van der Waals surface area contributed by atoms with E-state index in [1.54, 1.807) is 30.3 Å². The second-order valence-corrected chi connectivity index (χ2v) is 8.31. The summed E-state index contributed by atoms with van der Waals surface area (Å²) in [5, 5.41) is 31.4. The Morgan fingerprint density at radius 1 is 1.03 bits per heavy atom. The number of hydrogen-bond acceptors (Lipinski definition) is 6. The molecule has 0 aromatic heterocycles. The summed E-state index contributed by atoms with van der Waals surface area (Å²) in [4.78, 5) is 23.9. The highest BCUT2D eigenvalue weighted by Gasteiger charge is 2.15. The van der Waals surface area contributed by atoms with Crippen molar-refractivity contribution in [3.63, 3.8) is 0 Å². The van der Waals surface area contributed by atoms with E-state index in [0.29, 0.717) is 47.0 Å². The maximum atomic E-state index is 12.7. The monoisotopic (exact) mass is 498 g/mol. The van der Waals surface area contributed by atoms with Gasteiger partial charge in [-0.3, -0.25) is 15.2 Å². The number of carbonyl (C=O) groups is 2. The van der Waals surface area contributed by atoms with Gasteiger partial charge in [0.2, 0.25) is 0 Å². The van der Waals surface area contributed by atoms with Crippen LogP contribution in [0.25, 0.3) is 11.1 Å². The second-order valence-electron chi connectivity index (χ2n) is 7.87. The highest BCUT2D eigenvalue weighted by atomic mass is 35.5. The summed E-state index contributed by atoms with van der Waals surface area (Å²) >= 11 is 6.07. The molecule has 0 aliphatic heterocycles. The highest BCUT2D eigenvalue weighted by Crippen LogP contribution is 2.31. The lowest BCUT2D eigenvalue weighted by Crippen LogP contribution is -2.26. The topological polar surface area (TPSA) is 119 Å². The second kappa shape index (κ2) is 12.2. The number of nitrogens with one attached hydrogen (secondary N) is 1. The first-order chi connectivity index (χ1) is 16.8. The number of halogens is 1. The van der Waals surface area contributed by atoms with Gasteiger partial charge in [0.15, 0.2) is 0 Å². The standard InChI is InChI=1S/C26H27ClN2O6/c1-2-3-14-35-24-11-9-20(27)16-22(24)25(30)28-13-12-17-4-6-18(7-5-17)21-10-8-19(26(31)32)15-23(21)29(33)34/h4-11,15-16,33-34H,2-3,12-14H2,1H3,(H,28,30)(H,31,32). The van der Waals surface area contributed by atoms with E-state index >= 15 is 0 Å². The van der Waals surface area contributed by atoms with Crippen LogP contribution in [0.5, 0.6) is 5.75 Å². The van der Waals surface area contributed by atoms with Gasteiger partial charge >= 0.3 is 5.97 Å². The van der Waals surface area contributed by atoms with Gasteiger partial charge in [-0.25, -0.2) is 4.79 Å². The van der Waals surface area contributed by atoms with Crippen LogP contribution in [0, 0.1) is 0 Å². The normalized spacial score (nSPS) is 10.6. The number of carbonyl (C=O) groups excluding carboxylic acids is 1. The van der Waals surface area contributed by atoms with E-state index in [0.717, 1.165) is 18.4 Å². The summed E-state index contributed by atoms with van der Waals surface area (Å²) in [6.07, 6.45) is 2.44. The van der Waals surface area contributed by atoms with Crippen LogP contribution in [0.4, 0.5) is 5.69 Å². The van der Waals surface area contributed by atoms with Gasteiger partial charge in [0.1, 0.15) is 11.4 Å². The van der Waals surface area contributed by atoms with Crippen LogP contribution < -0.4 is 15.3 Å². The van der Waals surface area contributed by atoms with Gasteiger partial charge in [0.05, 0.1) is 17.7 Å². The molecule has 184 valence electrons. The van der Waals surface area contributed by atoms with Crippen molar-refractivity contribution in [1.82, 2.24) is 5.32 Å². The molecule has 0 aliphatic rings. The molecule has 3 aromatic carbocycles. The van der Waals surface area contributed by atoms with Crippen LogP contribution in [0.15, 0.2) is 60.7 Å². The molecule has 0 saturated carbocycles. The quantitative estimate of drug-likeness (QED) is 0.205. The molecule has 3 aromatic rings. The van der Waals surface area contributed by atoms with Crippen molar-refractivity contribution in [2.75, 3.05) is 18.4 Å². The van der Waals surface area contributed by atoms with Crippen molar-refractivity contribution in [3.8, 4) is 16.9 Å². The molecule has 3 rings (SSSR count). The molecular formula is C26H27ClN2O6. The van der Waals surface area contributed by atoms with Crippen LogP contribution in [0.2, 0.25) is 5.02 Å². The number of nitrogens with zero attached hydrogens (tertiary/aromatic N) is 1. The van der Waals surface area contributed by atoms with Crippen molar-refractivity contribution in [2.24, 2.45) is 0 Å². The molecule has 0 aliphatic carbocycles. The SMILES string of the molecule is CCCCOc1ccc(Cl)cc1C(=O)NCCc1ccc(-c2ccc(C(=O)O)cc2N(O)O)cc1. The lowest BCUT2D eigenvalue weighted by atomic mass is 9.99. The van der Waals surface area contributed by atoms with Gasteiger partial charge in [-0.05, 0) is 54.3 Å². The van der Waals surface area contributed by atoms with Crippen molar-refractivity contribution < 1.29 is 29.8 Å². The predicted octanol–water partition coefficient (Wildman–Crippen LogP) is 5.44. The van der Waals surface area contributed by atoms with Crippen LogP contribution in [0.3, 0.4) is 0 Å². The number of rotatable bonds is 11. The lowest BCUT2D eigenvalue weighted by molar-refractivity contribution is 0.0294. The van der Waals surface area contributed by atoms with E-state index in [1.165, 1.54) is 18.2 Å². The largest absolute Gasteiger partial charge is 0.493 e. The number of benzene rings is 3. The van der Waals surface area contributed by atoms with Crippen molar-refractivity contribution >= 4 is 29.2 Å². The summed E-state index contributed by atoms with van der Waals surface area (Å²) in [5.74, 6) is -0.949. The van der Waals surface area contributed by atoms with Crippen molar-refractivity contribution in [3.05, 3.63) is 82.4 Å². The first kappa shape index (κ1) is 26.0. The minimum Gasteiger partial charge on any atom is -0.493 e. The first-order valence-corrected chi connectivity index (χ1v) is 11.5. The molecule has 0 spiro atoms. The van der Waals surface area contributed by atoms with Gasteiger partial charge in [0.25, 0.3) is 5.91 Å². The number of amides is 1. The lowest BCUT2D eigenvalue weighted by Gasteiger charge is -2.15. The summed E-state index contributed by atoms with van der Waals surface area (Å²) < 4.78 is 5.73. The number of carboxylic acids is 1. The minimum atomic E-state index is -1.17. The van der Waals surface area contributed by atoms with Gasteiger partial charge in [-0.15, -0.1) is 5.23 Å². The maximum Gasteiger partial charge on any atom is 0.335 e. The van der Waals surface area contributed by atoms with Crippen LogP contribution >= 0.6 is 11.6 Å². The summed E-state index contributed by atoms with van der Waals surface area (Å²) in [6, 6.07) is 16.3. The van der Waals surface area contributed by atoms with Gasteiger partial charge < -0.3 is 15.2 Å². The molecule has 0 saturated heterocycles. The number of aromatic carboxylic acids is 1. The number of hydrogen-bond donors (Lipinski definition) is 4. The molecule has 0 fully saturated rings. The van der Waals surface area contributed by atoms with E-state index in [2.05, 4.69) is 12.2 Å². The van der Waals surface area contributed by atoms with E-state index in [-0.39, 0.29) is 22.4 Å².